The smallest absolute Gasteiger partial charge is 0.137 e. The van der Waals surface area contributed by atoms with E-state index in [9.17, 15) is 0 Å². The van der Waals surface area contributed by atoms with E-state index in [0.29, 0.717) is 6.67 Å². The second-order valence-electron chi connectivity index (χ2n) is 28.9. The summed E-state index contributed by atoms with van der Waals surface area (Å²) in [5.41, 5.74) is 25.9. The first-order valence-electron chi connectivity index (χ1n) is 31.4. The molecule has 0 fully saturated rings. The molecule has 0 N–H and O–H groups in total. The van der Waals surface area contributed by atoms with Gasteiger partial charge in [0.1, 0.15) is 24.0 Å². The van der Waals surface area contributed by atoms with E-state index in [4.69, 9.17) is 9.72 Å². The highest BCUT2D eigenvalue weighted by atomic mass is 16.5. The zero-order chi connectivity index (χ0) is 60.8. The summed E-state index contributed by atoms with van der Waals surface area (Å²) in [6, 6.07) is 84.0. The van der Waals surface area contributed by atoms with Crippen LogP contribution < -0.4 is 14.5 Å². The molecule has 0 saturated carbocycles. The molecule has 0 radical (unpaired) electrons. The molecule has 5 heteroatoms. The normalized spacial score (nSPS) is 14.1. The van der Waals surface area contributed by atoms with Crippen molar-refractivity contribution in [3.05, 3.63) is 275 Å². The van der Waals surface area contributed by atoms with Gasteiger partial charge in [-0.25, -0.2) is 4.98 Å². The average Bonchev–Trinajstić information content (AvgIpc) is 1.50. The van der Waals surface area contributed by atoms with E-state index < -0.39 is 5.41 Å². The summed E-state index contributed by atoms with van der Waals surface area (Å²) < 4.78 is 9.79. The van der Waals surface area contributed by atoms with Crippen LogP contribution in [0, 0.1) is 0 Å². The molecule has 3 aliphatic rings. The highest BCUT2D eigenvalue weighted by molar-refractivity contribution is 6.19. The van der Waals surface area contributed by atoms with Crippen LogP contribution in [0.15, 0.2) is 231 Å². The van der Waals surface area contributed by atoms with Crippen molar-refractivity contribution < 1.29 is 4.74 Å². The summed E-state index contributed by atoms with van der Waals surface area (Å²) >= 11 is 0. The maximum absolute atomic E-state index is 7.41. The first-order valence-corrected chi connectivity index (χ1v) is 31.4. The molecular formula is C83H76N4O. The van der Waals surface area contributed by atoms with Gasteiger partial charge in [0, 0.05) is 45.9 Å². The van der Waals surface area contributed by atoms with Crippen molar-refractivity contribution in [2.45, 2.75) is 110 Å². The van der Waals surface area contributed by atoms with Crippen LogP contribution in [0.1, 0.15) is 128 Å². The standard InChI is InChI=1S/C83H76N4O/c1-79(2,3)56-39-40-84-75(47-56)87-73-38-24-35-69-76(73)77-70(83(69)67-33-18-16-31-63(67)64-32-17-19-34-68(64)83)49-62(50-74(77)87)88-61-30-23-29-60(48-61)85-51-86(72-37-21-20-36-71(72)85)78-65(54-28-22-27-53(41-54)52-25-14-13-15-26-52)45-59(82(10,11)12)46-66(78)55-42-57(80(4,5)6)44-58(43-55)81(7,8)9/h13-50H,51H2,1-12H3. The monoisotopic (exact) mass is 1140 g/mol. The lowest BCUT2D eigenvalue weighted by molar-refractivity contribution is 0.482. The van der Waals surface area contributed by atoms with Gasteiger partial charge in [0.05, 0.1) is 33.5 Å². The van der Waals surface area contributed by atoms with Crippen LogP contribution in [-0.2, 0) is 27.1 Å². The van der Waals surface area contributed by atoms with Gasteiger partial charge in [-0.1, -0.05) is 229 Å². The lowest BCUT2D eigenvalue weighted by Crippen LogP contribution is -2.26. The first kappa shape index (κ1) is 55.2. The van der Waals surface area contributed by atoms with Gasteiger partial charge in [0.25, 0.3) is 0 Å². The van der Waals surface area contributed by atoms with Crippen molar-refractivity contribution in [3.63, 3.8) is 0 Å². The number of rotatable bonds is 8. The lowest BCUT2D eigenvalue weighted by atomic mass is 9.70. The Morgan fingerprint density at radius 1 is 0.364 bits per heavy atom. The minimum Gasteiger partial charge on any atom is -0.457 e. The lowest BCUT2D eigenvalue weighted by Gasteiger charge is -2.32. The van der Waals surface area contributed by atoms with Crippen LogP contribution >= 0.6 is 0 Å². The Kier molecular flexibility index (Phi) is 12.4. The third-order valence-corrected chi connectivity index (χ3v) is 19.1. The molecule has 2 aliphatic carbocycles. The van der Waals surface area contributed by atoms with Crippen molar-refractivity contribution in [1.82, 2.24) is 9.55 Å². The number of nitrogens with zero attached hydrogens (tertiary/aromatic N) is 4. The first-order chi connectivity index (χ1) is 42.1. The number of ether oxygens (including phenoxy) is 1. The Morgan fingerprint density at radius 3 is 1.58 bits per heavy atom. The number of hydrogen-bond acceptors (Lipinski definition) is 4. The van der Waals surface area contributed by atoms with Crippen LogP contribution in [-0.4, -0.2) is 16.2 Å². The highest BCUT2D eigenvalue weighted by Crippen LogP contribution is 2.64. The molecule has 3 heterocycles. The third-order valence-electron chi connectivity index (χ3n) is 19.1. The van der Waals surface area contributed by atoms with Crippen molar-refractivity contribution in [1.29, 1.82) is 0 Å². The largest absolute Gasteiger partial charge is 0.457 e. The van der Waals surface area contributed by atoms with Crippen LogP contribution in [0.25, 0.3) is 72.1 Å². The molecule has 0 saturated heterocycles. The van der Waals surface area contributed by atoms with Gasteiger partial charge in [-0.2, -0.15) is 0 Å². The molecule has 10 aromatic carbocycles. The predicted octanol–water partition coefficient (Wildman–Crippen LogP) is 22.1. The number of fused-ring (bicyclic) bond motifs is 8. The summed E-state index contributed by atoms with van der Waals surface area (Å²) in [6.45, 7) is 28.5. The van der Waals surface area contributed by atoms with E-state index in [1.165, 1.54) is 105 Å². The predicted molar refractivity (Wildman–Crippen MR) is 369 cm³/mol. The molecule has 1 spiro atoms. The number of pyridine rings is 1. The van der Waals surface area contributed by atoms with Crippen molar-refractivity contribution in [3.8, 4) is 61.8 Å². The molecule has 0 atom stereocenters. The van der Waals surface area contributed by atoms with Gasteiger partial charge in [0.15, 0.2) is 0 Å². The topological polar surface area (TPSA) is 33.5 Å². The summed E-state index contributed by atoms with van der Waals surface area (Å²) in [6.07, 6.45) is 1.97. The molecule has 2 aromatic heterocycles. The van der Waals surface area contributed by atoms with Crippen molar-refractivity contribution in [2.75, 3.05) is 16.5 Å². The molecule has 1 aliphatic heterocycles. The zero-order valence-electron chi connectivity index (χ0n) is 52.8. The molecule has 434 valence electrons. The fraction of sp³-hybridized carbons (Fsp3) is 0.217. The van der Waals surface area contributed by atoms with Crippen molar-refractivity contribution in [2.24, 2.45) is 0 Å². The van der Waals surface area contributed by atoms with Crippen molar-refractivity contribution >= 4 is 44.6 Å². The summed E-state index contributed by atoms with van der Waals surface area (Å²) in [4.78, 5) is 10.2. The number of para-hydroxylation sites is 2. The molecule has 5 nitrogen and oxygen atoms in total. The second kappa shape index (κ2) is 19.8. The Balaban J connectivity index is 0.902. The Bertz CT molecular complexity index is 4720. The average molecular weight is 1150 g/mol. The highest BCUT2D eigenvalue weighted by Gasteiger charge is 2.52. The van der Waals surface area contributed by atoms with Gasteiger partial charge < -0.3 is 14.5 Å². The maximum atomic E-state index is 7.41. The second-order valence-corrected chi connectivity index (χ2v) is 28.9. The Labute approximate surface area is 519 Å². The zero-order valence-corrected chi connectivity index (χ0v) is 52.8. The van der Waals surface area contributed by atoms with E-state index >= 15 is 0 Å². The van der Waals surface area contributed by atoms with Gasteiger partial charge in [0.2, 0.25) is 0 Å². The molecule has 15 rings (SSSR count). The van der Waals surface area contributed by atoms with E-state index in [1.54, 1.807) is 0 Å². The summed E-state index contributed by atoms with van der Waals surface area (Å²) in [5, 5.41) is 2.52. The van der Waals surface area contributed by atoms with E-state index in [2.05, 4.69) is 322 Å². The fourth-order valence-electron chi connectivity index (χ4n) is 14.5. The fourth-order valence-corrected chi connectivity index (χ4v) is 14.5. The molecule has 12 aromatic rings. The quantitative estimate of drug-likeness (QED) is 0.152. The van der Waals surface area contributed by atoms with Crippen LogP contribution in [0.3, 0.4) is 0 Å². The molecule has 0 bridgehead atoms. The minimum absolute atomic E-state index is 0.0680. The van der Waals surface area contributed by atoms with Gasteiger partial charge >= 0.3 is 0 Å². The third kappa shape index (κ3) is 8.74. The summed E-state index contributed by atoms with van der Waals surface area (Å²) in [7, 11) is 0. The Hall–Kier alpha value is -9.45. The van der Waals surface area contributed by atoms with E-state index in [-0.39, 0.29) is 21.7 Å². The number of aromatic nitrogens is 2. The number of hydrogen-bond donors (Lipinski definition) is 0. The number of benzene rings is 10. The van der Waals surface area contributed by atoms with Gasteiger partial charge in [-0.15, -0.1) is 0 Å². The van der Waals surface area contributed by atoms with Gasteiger partial charge in [-0.3, -0.25) is 4.57 Å². The Morgan fingerprint density at radius 2 is 0.909 bits per heavy atom. The van der Waals surface area contributed by atoms with Crippen LogP contribution in [0.2, 0.25) is 0 Å². The van der Waals surface area contributed by atoms with Gasteiger partial charge in [-0.05, 0) is 166 Å². The molecule has 88 heavy (non-hydrogen) atoms. The number of anilines is 4. The van der Waals surface area contributed by atoms with E-state index in [0.717, 1.165) is 45.4 Å². The summed E-state index contributed by atoms with van der Waals surface area (Å²) in [5.74, 6) is 2.43. The molecule has 0 unspecified atom stereocenters. The SMILES string of the molecule is CC(C)(C)c1cc(-c2cc(C(C)(C)C)cc(-c3cccc(-c4ccccc4)c3)c2N2CN(c3cccc(Oc4cc5c6c7c(cccc7n(-c7cc(C(C)(C)C)ccn7)c6c4)C54c5ccccc5-c5ccccc54)c3)c3ccccc32)cc(C(C)(C)C)c1. The maximum Gasteiger partial charge on any atom is 0.137 e. The van der Waals surface area contributed by atoms with Crippen LogP contribution in [0.4, 0.5) is 22.7 Å². The minimum atomic E-state index is -0.548. The van der Waals surface area contributed by atoms with Crippen LogP contribution in [0.5, 0.6) is 11.5 Å². The molecule has 0 amide bonds. The van der Waals surface area contributed by atoms with E-state index in [1.807, 2.05) is 6.20 Å². The molecular weight excluding hydrogens is 1070 g/mol.